The Labute approximate surface area is 211 Å². The van der Waals surface area contributed by atoms with Gasteiger partial charge in [0.25, 0.3) is 0 Å². The van der Waals surface area contributed by atoms with Crippen molar-refractivity contribution in [3.05, 3.63) is 41.0 Å². The van der Waals surface area contributed by atoms with Crippen LogP contribution in [0.5, 0.6) is 0 Å². The fourth-order valence-corrected chi connectivity index (χ4v) is 9.10. The average Bonchev–Trinajstić information content (AvgIpc) is 3.13. The first-order chi connectivity index (χ1) is 16.7. The topological polar surface area (TPSA) is 72.2 Å². The van der Waals surface area contributed by atoms with Crippen LogP contribution in [-0.2, 0) is 15.8 Å². The molecule has 0 aliphatic heterocycles. The van der Waals surface area contributed by atoms with Crippen LogP contribution in [-0.4, -0.2) is 17.2 Å². The summed E-state index contributed by atoms with van der Waals surface area (Å²) in [4.78, 5) is 26.2. The van der Waals surface area contributed by atoms with Crippen molar-refractivity contribution in [2.24, 2.45) is 40.2 Å². The molecule has 1 aromatic rings. The van der Waals surface area contributed by atoms with Crippen LogP contribution in [0.1, 0.15) is 78.2 Å². The number of hydrogen-bond donors (Lipinski definition) is 2. The van der Waals surface area contributed by atoms with Crippen molar-refractivity contribution in [2.45, 2.75) is 84.4 Å². The van der Waals surface area contributed by atoms with E-state index in [1.807, 2.05) is 6.92 Å². The molecule has 4 aliphatic rings. The highest BCUT2D eigenvalue weighted by Gasteiger charge is 2.62. The predicted molar refractivity (Wildman–Crippen MR) is 133 cm³/mol. The molecule has 4 aliphatic carbocycles. The van der Waals surface area contributed by atoms with Crippen LogP contribution in [0.2, 0.25) is 0 Å². The van der Waals surface area contributed by atoms with Crippen LogP contribution in [0.4, 0.5) is 18.9 Å². The zero-order valence-electron chi connectivity index (χ0n) is 21.6. The molecule has 0 radical (unpaired) electrons. The Morgan fingerprint density at radius 2 is 1.75 bits per heavy atom. The minimum Gasteiger partial charge on any atom is -0.325 e. The van der Waals surface area contributed by atoms with Crippen LogP contribution >= 0.6 is 0 Å². The molecule has 7 heteroatoms. The molecule has 0 aromatic heterocycles. The molecule has 5 rings (SSSR count). The third-order valence-corrected chi connectivity index (χ3v) is 10.6. The number of fused-ring (bicyclic) bond motifs is 5. The van der Waals surface area contributed by atoms with Crippen LogP contribution < -0.4 is 11.1 Å². The maximum Gasteiger partial charge on any atom is 0.418 e. The van der Waals surface area contributed by atoms with E-state index in [2.05, 4.69) is 26.1 Å². The van der Waals surface area contributed by atoms with Gasteiger partial charge in [0.15, 0.2) is 5.78 Å². The summed E-state index contributed by atoms with van der Waals surface area (Å²) < 4.78 is 40.5. The molecule has 2 unspecified atom stereocenters. The highest BCUT2D eigenvalue weighted by atomic mass is 19.4. The number of nitrogens with two attached hydrogens (primary N) is 1. The number of hydrogen-bond acceptors (Lipinski definition) is 3. The minimum atomic E-state index is -4.53. The molecular formula is C29H37F3N2O2. The van der Waals surface area contributed by atoms with Crippen molar-refractivity contribution in [3.63, 3.8) is 0 Å². The number of halogens is 3. The van der Waals surface area contributed by atoms with Gasteiger partial charge in [0.2, 0.25) is 5.91 Å². The predicted octanol–water partition coefficient (Wildman–Crippen LogP) is 6.51. The number of para-hydroxylation sites is 1. The number of carbonyl (C=O) groups is 2. The lowest BCUT2D eigenvalue weighted by molar-refractivity contribution is -0.137. The molecule has 0 saturated heterocycles. The van der Waals surface area contributed by atoms with Crippen molar-refractivity contribution in [3.8, 4) is 0 Å². The van der Waals surface area contributed by atoms with E-state index in [1.54, 1.807) is 0 Å². The Morgan fingerprint density at radius 1 is 1.06 bits per heavy atom. The summed E-state index contributed by atoms with van der Waals surface area (Å²) in [6, 6.07) is 5.20. The molecule has 4 nitrogen and oxygen atoms in total. The van der Waals surface area contributed by atoms with Gasteiger partial charge in [-0.1, -0.05) is 31.6 Å². The lowest BCUT2D eigenvalue weighted by atomic mass is 9.44. The Morgan fingerprint density at radius 3 is 2.44 bits per heavy atom. The van der Waals surface area contributed by atoms with Crippen molar-refractivity contribution in [1.29, 1.82) is 0 Å². The first kappa shape index (κ1) is 25.5. The van der Waals surface area contributed by atoms with Gasteiger partial charge < -0.3 is 11.1 Å². The van der Waals surface area contributed by atoms with Crippen LogP contribution in [0, 0.1) is 34.5 Å². The molecule has 3 N–H and O–H groups in total. The Balaban J connectivity index is 1.43. The Hall–Kier alpha value is -2.15. The molecule has 196 valence electrons. The molecule has 0 bridgehead atoms. The number of nitrogens with one attached hydrogen (secondary N) is 1. The summed E-state index contributed by atoms with van der Waals surface area (Å²) in [6.07, 6.45) is 1.04. The minimum absolute atomic E-state index is 0.116. The van der Waals surface area contributed by atoms with E-state index in [1.165, 1.54) is 23.8 Å². The monoisotopic (exact) mass is 502 g/mol. The highest BCUT2D eigenvalue weighted by Crippen LogP contribution is 2.67. The number of alkyl halides is 3. The van der Waals surface area contributed by atoms with Gasteiger partial charge >= 0.3 is 6.18 Å². The largest absolute Gasteiger partial charge is 0.418 e. The van der Waals surface area contributed by atoms with E-state index in [0.717, 1.165) is 43.7 Å². The summed E-state index contributed by atoms with van der Waals surface area (Å²) in [5.41, 5.74) is 6.70. The zero-order valence-corrected chi connectivity index (χ0v) is 21.6. The third kappa shape index (κ3) is 3.59. The normalized spacial score (nSPS) is 40.4. The molecule has 1 aromatic carbocycles. The second-order valence-corrected chi connectivity index (χ2v) is 12.5. The van der Waals surface area contributed by atoms with E-state index >= 15 is 0 Å². The van der Waals surface area contributed by atoms with Gasteiger partial charge in [-0.2, -0.15) is 13.2 Å². The van der Waals surface area contributed by atoms with E-state index in [-0.39, 0.29) is 34.1 Å². The molecule has 0 spiro atoms. The Kier molecular flexibility index (Phi) is 5.79. The van der Waals surface area contributed by atoms with Crippen molar-refractivity contribution >= 4 is 17.4 Å². The summed E-state index contributed by atoms with van der Waals surface area (Å²) in [5.74, 6) is 0.601. The summed E-state index contributed by atoms with van der Waals surface area (Å²) in [5, 5.41) is 2.64. The first-order valence-corrected chi connectivity index (χ1v) is 13.2. The third-order valence-electron chi connectivity index (χ3n) is 10.6. The van der Waals surface area contributed by atoms with Crippen LogP contribution in [0.3, 0.4) is 0 Å². The molecular weight excluding hydrogens is 465 g/mol. The van der Waals surface area contributed by atoms with Gasteiger partial charge in [0.05, 0.1) is 16.8 Å². The van der Waals surface area contributed by atoms with Gasteiger partial charge in [-0.05, 0) is 98.7 Å². The van der Waals surface area contributed by atoms with Crippen LogP contribution in [0.25, 0.3) is 0 Å². The number of anilines is 1. The quantitative estimate of drug-likeness (QED) is 0.453. The van der Waals surface area contributed by atoms with E-state index in [4.69, 9.17) is 5.73 Å². The fourth-order valence-electron chi connectivity index (χ4n) is 9.10. The van der Waals surface area contributed by atoms with Gasteiger partial charge in [-0.25, -0.2) is 0 Å². The maximum atomic E-state index is 13.5. The number of rotatable bonds is 2. The van der Waals surface area contributed by atoms with Crippen molar-refractivity contribution in [2.75, 3.05) is 5.32 Å². The molecule has 3 saturated carbocycles. The summed E-state index contributed by atoms with van der Waals surface area (Å²) >= 11 is 0. The lowest BCUT2D eigenvalue weighted by Gasteiger charge is -2.60. The fraction of sp³-hybridized carbons (Fsp3) is 0.655. The van der Waals surface area contributed by atoms with Crippen LogP contribution in [0.15, 0.2) is 35.4 Å². The number of carbonyl (C=O) groups excluding carboxylic acids is 2. The second kappa shape index (κ2) is 8.17. The van der Waals surface area contributed by atoms with Gasteiger partial charge in [-0.3, -0.25) is 9.59 Å². The van der Waals surface area contributed by atoms with Crippen molar-refractivity contribution < 1.29 is 22.8 Å². The SMILES string of the molecule is CC1=C2C(C)(N)C(=O)CC[C@]2(C)[C@@H]2CC[C@]3(C)C(C(=O)Nc4ccccc4C(F)(F)F)CC[C@H]3[C@@H]2C1. The second-order valence-electron chi connectivity index (χ2n) is 12.5. The smallest absolute Gasteiger partial charge is 0.325 e. The molecule has 3 fully saturated rings. The molecule has 0 heterocycles. The lowest BCUT2D eigenvalue weighted by Crippen LogP contribution is -2.60. The number of amides is 1. The molecule has 7 atom stereocenters. The first-order valence-electron chi connectivity index (χ1n) is 13.2. The summed E-state index contributed by atoms with van der Waals surface area (Å²) in [7, 11) is 0. The summed E-state index contributed by atoms with van der Waals surface area (Å²) in [6.45, 7) is 8.45. The van der Waals surface area contributed by atoms with Crippen molar-refractivity contribution in [1.82, 2.24) is 0 Å². The number of ketones is 1. The number of benzene rings is 1. The van der Waals surface area contributed by atoms with E-state index in [9.17, 15) is 22.8 Å². The zero-order chi connectivity index (χ0) is 26.3. The maximum absolute atomic E-state index is 13.5. The molecule has 36 heavy (non-hydrogen) atoms. The Bertz CT molecular complexity index is 1140. The highest BCUT2D eigenvalue weighted by molar-refractivity contribution is 5.94. The standard InChI is InChI=1S/C29H37F3N2O2/c1-16-15-17-18-9-10-21(25(36)34-22-8-6-5-7-20(22)29(30,31)32)26(18,2)13-11-19(17)27(3)14-12-23(35)28(4,33)24(16)27/h5-8,17-19,21H,9-15,33H2,1-4H3,(H,34,36)/t17-,18-,19+,21?,26-,27+,28?/m0/s1. The molecule has 1 amide bonds. The van der Waals surface area contributed by atoms with E-state index in [0.29, 0.717) is 30.6 Å². The van der Waals surface area contributed by atoms with Gasteiger partial charge in [0.1, 0.15) is 0 Å². The number of Topliss-reactive ketones (excluding diaryl/α,β-unsaturated/α-hetero) is 1. The van der Waals surface area contributed by atoms with Gasteiger partial charge in [-0.15, -0.1) is 0 Å². The van der Waals surface area contributed by atoms with Gasteiger partial charge in [0, 0.05) is 12.3 Å². The number of allylic oxidation sites excluding steroid dienone is 1. The average molecular weight is 503 g/mol. The van der Waals surface area contributed by atoms with E-state index < -0.39 is 17.3 Å².